The normalized spacial score (nSPS) is 11.8. The van der Waals surface area contributed by atoms with Crippen LogP contribution < -0.4 is 4.74 Å². The molecular weight excluding hydrogens is 250 g/mol. The van der Waals surface area contributed by atoms with E-state index in [0.717, 1.165) is 17.1 Å². The summed E-state index contributed by atoms with van der Waals surface area (Å²) in [4.78, 5) is 0. The number of benzene rings is 2. The van der Waals surface area contributed by atoms with Crippen molar-refractivity contribution in [3.8, 4) is 11.5 Å². The summed E-state index contributed by atoms with van der Waals surface area (Å²) >= 11 is 0. The Morgan fingerprint density at radius 3 is 1.85 bits per heavy atom. The largest absolute Gasteiger partial charge is 0.457 e. The summed E-state index contributed by atoms with van der Waals surface area (Å²) < 4.78 is 5.77. The maximum atomic E-state index is 8.45. The van der Waals surface area contributed by atoms with Crippen molar-refractivity contribution in [1.82, 2.24) is 0 Å². The van der Waals surface area contributed by atoms with E-state index in [0.29, 0.717) is 0 Å². The molecular formula is C17H19NO2. The van der Waals surface area contributed by atoms with Crippen LogP contribution in [0.4, 0.5) is 0 Å². The molecule has 3 heteroatoms. The maximum absolute atomic E-state index is 8.45. The van der Waals surface area contributed by atoms with Crippen LogP contribution in [0.2, 0.25) is 0 Å². The zero-order valence-corrected chi connectivity index (χ0v) is 12.0. The average molecular weight is 269 g/mol. The topological polar surface area (TPSA) is 41.8 Å². The van der Waals surface area contributed by atoms with Gasteiger partial charge in [-0.15, -0.1) is 0 Å². The number of rotatable bonds is 3. The van der Waals surface area contributed by atoms with Crippen molar-refractivity contribution >= 4 is 6.21 Å². The average Bonchev–Trinajstić information content (AvgIpc) is 2.41. The van der Waals surface area contributed by atoms with Gasteiger partial charge in [0.1, 0.15) is 11.5 Å². The molecule has 0 bridgehead atoms. The van der Waals surface area contributed by atoms with Gasteiger partial charge in [-0.05, 0) is 52.9 Å². The van der Waals surface area contributed by atoms with Crippen LogP contribution in [0.5, 0.6) is 11.5 Å². The van der Waals surface area contributed by atoms with Crippen molar-refractivity contribution in [3.63, 3.8) is 0 Å². The van der Waals surface area contributed by atoms with Crippen LogP contribution in [0.1, 0.15) is 31.9 Å². The summed E-state index contributed by atoms with van der Waals surface area (Å²) in [5, 5.41) is 11.4. The Kier molecular flexibility index (Phi) is 4.08. The highest BCUT2D eigenvalue weighted by Gasteiger charge is 2.12. The summed E-state index contributed by atoms with van der Waals surface area (Å²) in [6.45, 7) is 6.55. The molecule has 1 N–H and O–H groups in total. The van der Waals surface area contributed by atoms with Crippen LogP contribution in [0.3, 0.4) is 0 Å². The Balaban J connectivity index is 2.10. The molecule has 20 heavy (non-hydrogen) atoms. The molecule has 0 aliphatic rings. The Hall–Kier alpha value is -2.29. The third-order valence-electron chi connectivity index (χ3n) is 3.04. The lowest BCUT2D eigenvalue weighted by atomic mass is 9.87. The van der Waals surface area contributed by atoms with Crippen LogP contribution in [-0.2, 0) is 5.41 Å². The van der Waals surface area contributed by atoms with E-state index in [1.54, 1.807) is 0 Å². The molecule has 2 aromatic rings. The molecule has 0 aliphatic carbocycles. The predicted molar refractivity (Wildman–Crippen MR) is 81.0 cm³/mol. The van der Waals surface area contributed by atoms with Crippen molar-refractivity contribution in [3.05, 3.63) is 59.7 Å². The first-order valence-corrected chi connectivity index (χ1v) is 6.55. The highest BCUT2D eigenvalue weighted by Crippen LogP contribution is 2.26. The van der Waals surface area contributed by atoms with E-state index in [-0.39, 0.29) is 5.41 Å². The van der Waals surface area contributed by atoms with Crippen LogP contribution >= 0.6 is 0 Å². The van der Waals surface area contributed by atoms with Gasteiger partial charge in [0.05, 0.1) is 6.21 Å². The fourth-order valence-electron chi connectivity index (χ4n) is 1.85. The quantitative estimate of drug-likeness (QED) is 0.503. The second-order valence-corrected chi connectivity index (χ2v) is 5.69. The molecule has 0 heterocycles. The molecule has 0 fully saturated rings. The summed E-state index contributed by atoms with van der Waals surface area (Å²) in [7, 11) is 0. The fraction of sp³-hybridized carbons (Fsp3) is 0.235. The lowest BCUT2D eigenvalue weighted by Gasteiger charge is -2.19. The first-order valence-electron chi connectivity index (χ1n) is 6.55. The van der Waals surface area contributed by atoms with Gasteiger partial charge in [0.15, 0.2) is 0 Å². The Morgan fingerprint density at radius 2 is 1.40 bits per heavy atom. The number of ether oxygens (including phenoxy) is 1. The summed E-state index contributed by atoms with van der Waals surface area (Å²) in [5.74, 6) is 1.56. The van der Waals surface area contributed by atoms with Crippen molar-refractivity contribution < 1.29 is 9.94 Å². The first-order chi connectivity index (χ1) is 9.49. The molecule has 2 aromatic carbocycles. The number of hydrogen-bond donors (Lipinski definition) is 1. The SMILES string of the molecule is CC(C)(C)c1ccc(Oc2ccc(/C=N/O)cc2)cc1. The molecule has 0 aliphatic heterocycles. The number of hydrogen-bond acceptors (Lipinski definition) is 3. The molecule has 104 valence electrons. The van der Waals surface area contributed by atoms with Gasteiger partial charge in [-0.25, -0.2) is 0 Å². The van der Waals surface area contributed by atoms with E-state index in [9.17, 15) is 0 Å². The monoisotopic (exact) mass is 269 g/mol. The molecule has 2 rings (SSSR count). The second kappa shape index (κ2) is 5.78. The van der Waals surface area contributed by atoms with E-state index < -0.39 is 0 Å². The molecule has 0 saturated carbocycles. The Labute approximate surface area is 119 Å². The summed E-state index contributed by atoms with van der Waals surface area (Å²) in [6.07, 6.45) is 1.38. The van der Waals surface area contributed by atoms with E-state index in [4.69, 9.17) is 9.94 Å². The predicted octanol–water partition coefficient (Wildman–Crippen LogP) is 4.58. The van der Waals surface area contributed by atoms with Crippen molar-refractivity contribution in [1.29, 1.82) is 0 Å². The summed E-state index contributed by atoms with van der Waals surface area (Å²) in [5.41, 5.74) is 2.24. The minimum Gasteiger partial charge on any atom is -0.457 e. The lowest BCUT2D eigenvalue weighted by Crippen LogP contribution is -2.10. The van der Waals surface area contributed by atoms with Crippen molar-refractivity contribution in [2.24, 2.45) is 5.16 Å². The lowest BCUT2D eigenvalue weighted by molar-refractivity contribution is 0.322. The molecule has 0 aromatic heterocycles. The Bertz CT molecular complexity index is 578. The molecule has 0 radical (unpaired) electrons. The van der Waals surface area contributed by atoms with Gasteiger partial charge in [-0.3, -0.25) is 0 Å². The van der Waals surface area contributed by atoms with Gasteiger partial charge >= 0.3 is 0 Å². The molecule has 0 spiro atoms. The van der Waals surface area contributed by atoms with Crippen LogP contribution in [0, 0.1) is 0 Å². The van der Waals surface area contributed by atoms with Crippen LogP contribution in [0.15, 0.2) is 53.7 Å². The van der Waals surface area contributed by atoms with Gasteiger partial charge in [-0.1, -0.05) is 38.1 Å². The molecule has 0 saturated heterocycles. The minimum absolute atomic E-state index is 0.143. The zero-order valence-electron chi connectivity index (χ0n) is 12.0. The molecule has 0 unspecified atom stereocenters. The molecule has 3 nitrogen and oxygen atoms in total. The third kappa shape index (κ3) is 3.60. The van der Waals surface area contributed by atoms with Gasteiger partial charge in [0.25, 0.3) is 0 Å². The number of nitrogens with zero attached hydrogens (tertiary/aromatic N) is 1. The number of oxime groups is 1. The smallest absolute Gasteiger partial charge is 0.127 e. The second-order valence-electron chi connectivity index (χ2n) is 5.69. The van der Waals surface area contributed by atoms with E-state index in [2.05, 4.69) is 38.1 Å². The van der Waals surface area contributed by atoms with Gasteiger partial charge in [0, 0.05) is 0 Å². The maximum Gasteiger partial charge on any atom is 0.127 e. The third-order valence-corrected chi connectivity index (χ3v) is 3.04. The summed E-state index contributed by atoms with van der Waals surface area (Å²) in [6, 6.07) is 15.5. The van der Waals surface area contributed by atoms with Crippen LogP contribution in [-0.4, -0.2) is 11.4 Å². The van der Waals surface area contributed by atoms with Gasteiger partial charge in [0.2, 0.25) is 0 Å². The minimum atomic E-state index is 0.143. The Morgan fingerprint density at radius 1 is 0.900 bits per heavy atom. The zero-order chi connectivity index (χ0) is 14.6. The fourth-order valence-corrected chi connectivity index (χ4v) is 1.85. The first kappa shape index (κ1) is 14.1. The van der Waals surface area contributed by atoms with E-state index >= 15 is 0 Å². The molecule has 0 atom stereocenters. The van der Waals surface area contributed by atoms with Crippen molar-refractivity contribution in [2.45, 2.75) is 26.2 Å². The van der Waals surface area contributed by atoms with Gasteiger partial charge in [-0.2, -0.15) is 0 Å². The van der Waals surface area contributed by atoms with Crippen LogP contribution in [0.25, 0.3) is 0 Å². The van der Waals surface area contributed by atoms with E-state index in [1.165, 1.54) is 11.8 Å². The highest BCUT2D eigenvalue weighted by molar-refractivity contribution is 5.79. The molecule has 0 amide bonds. The van der Waals surface area contributed by atoms with Crippen molar-refractivity contribution in [2.75, 3.05) is 0 Å². The highest BCUT2D eigenvalue weighted by atomic mass is 16.5. The van der Waals surface area contributed by atoms with E-state index in [1.807, 2.05) is 36.4 Å². The standard InChI is InChI=1S/C17H19NO2/c1-17(2,3)14-6-10-16(11-7-14)20-15-8-4-13(5-9-15)12-18-19/h4-12,19H,1-3H3/b18-12+. The van der Waals surface area contributed by atoms with Gasteiger partial charge < -0.3 is 9.94 Å².